The Labute approximate surface area is 102 Å². The Bertz CT molecular complexity index is 393. The predicted octanol–water partition coefficient (Wildman–Crippen LogP) is 1.31. The molecule has 17 heavy (non-hydrogen) atoms. The van der Waals surface area contributed by atoms with Crippen LogP contribution in [0, 0.1) is 0 Å². The van der Waals surface area contributed by atoms with Crippen LogP contribution in [0.1, 0.15) is 32.4 Å². The van der Waals surface area contributed by atoms with Crippen molar-refractivity contribution in [1.29, 1.82) is 0 Å². The minimum atomic E-state index is -0.808. The summed E-state index contributed by atoms with van der Waals surface area (Å²) in [4.78, 5) is 18.3. The Balaban J connectivity index is 2.11. The lowest BCUT2D eigenvalue weighted by molar-refractivity contribution is -0.137. The number of carbonyl (C=O) groups is 1. The normalized spacial score (nSPS) is 15.7. The number of hydrogen-bond donors (Lipinski definition) is 1. The molecule has 2 rings (SSSR count). The maximum atomic E-state index is 12.2. The van der Waals surface area contributed by atoms with Gasteiger partial charge in [-0.2, -0.15) is 0 Å². The number of nitrogens with two attached hydrogens (primary N) is 1. The van der Waals surface area contributed by atoms with E-state index in [4.69, 9.17) is 5.73 Å². The summed E-state index contributed by atoms with van der Waals surface area (Å²) >= 11 is 0. The van der Waals surface area contributed by atoms with E-state index in [0.29, 0.717) is 12.6 Å². The second-order valence-corrected chi connectivity index (χ2v) is 5.21. The molecule has 1 aromatic heterocycles. The van der Waals surface area contributed by atoms with E-state index in [2.05, 4.69) is 4.98 Å². The van der Waals surface area contributed by atoms with Crippen LogP contribution in [0.4, 0.5) is 0 Å². The fourth-order valence-corrected chi connectivity index (χ4v) is 1.79. The largest absolute Gasteiger partial charge is 0.332 e. The summed E-state index contributed by atoms with van der Waals surface area (Å²) in [7, 11) is 0. The van der Waals surface area contributed by atoms with Crippen LogP contribution in [-0.2, 0) is 11.3 Å². The molecule has 0 saturated heterocycles. The molecular formula is C13H19N3O. The van der Waals surface area contributed by atoms with Crippen LogP contribution >= 0.6 is 0 Å². The summed E-state index contributed by atoms with van der Waals surface area (Å²) < 4.78 is 0. The van der Waals surface area contributed by atoms with Gasteiger partial charge in [0.05, 0.1) is 17.8 Å². The van der Waals surface area contributed by atoms with E-state index < -0.39 is 5.54 Å². The Hall–Kier alpha value is -1.42. The van der Waals surface area contributed by atoms with Crippen molar-refractivity contribution < 1.29 is 4.79 Å². The number of aromatic nitrogens is 1. The Morgan fingerprint density at radius 1 is 1.53 bits per heavy atom. The summed E-state index contributed by atoms with van der Waals surface area (Å²) in [5.41, 5.74) is 5.99. The van der Waals surface area contributed by atoms with Crippen LogP contribution < -0.4 is 5.73 Å². The first kappa shape index (κ1) is 12.0. The van der Waals surface area contributed by atoms with Gasteiger partial charge in [0.1, 0.15) is 0 Å². The van der Waals surface area contributed by atoms with Crippen molar-refractivity contribution in [3.63, 3.8) is 0 Å². The summed E-state index contributed by atoms with van der Waals surface area (Å²) in [5, 5.41) is 0. The molecule has 1 aliphatic carbocycles. The topological polar surface area (TPSA) is 59.2 Å². The zero-order valence-corrected chi connectivity index (χ0v) is 10.4. The summed E-state index contributed by atoms with van der Waals surface area (Å²) in [6.45, 7) is 4.07. The summed E-state index contributed by atoms with van der Waals surface area (Å²) in [6.07, 6.45) is 3.90. The van der Waals surface area contributed by atoms with Gasteiger partial charge in [0.15, 0.2) is 0 Å². The van der Waals surface area contributed by atoms with E-state index in [1.54, 1.807) is 20.0 Å². The second-order valence-electron chi connectivity index (χ2n) is 5.21. The molecule has 1 amide bonds. The van der Waals surface area contributed by atoms with E-state index in [0.717, 1.165) is 18.5 Å². The molecule has 1 heterocycles. The van der Waals surface area contributed by atoms with Gasteiger partial charge in [-0.25, -0.2) is 0 Å². The smallest absolute Gasteiger partial charge is 0.242 e. The van der Waals surface area contributed by atoms with Crippen molar-refractivity contribution in [3.05, 3.63) is 30.1 Å². The SMILES string of the molecule is CC(C)(N)C(=O)N(Cc1ccccn1)C1CC1. The molecule has 0 radical (unpaired) electrons. The molecule has 1 saturated carbocycles. The highest BCUT2D eigenvalue weighted by molar-refractivity contribution is 5.85. The van der Waals surface area contributed by atoms with Gasteiger partial charge >= 0.3 is 0 Å². The quantitative estimate of drug-likeness (QED) is 0.853. The van der Waals surface area contributed by atoms with Crippen LogP contribution in [0.3, 0.4) is 0 Å². The van der Waals surface area contributed by atoms with Gasteiger partial charge in [-0.15, -0.1) is 0 Å². The molecule has 92 valence electrons. The number of nitrogens with zero attached hydrogens (tertiary/aromatic N) is 2. The first-order chi connectivity index (χ1) is 7.98. The van der Waals surface area contributed by atoms with Gasteiger partial charge in [0.2, 0.25) is 5.91 Å². The van der Waals surface area contributed by atoms with Crippen LogP contribution in [0.5, 0.6) is 0 Å². The number of pyridine rings is 1. The first-order valence-corrected chi connectivity index (χ1v) is 5.98. The molecule has 1 aromatic rings. The molecule has 0 atom stereocenters. The third-order valence-electron chi connectivity index (χ3n) is 2.86. The number of carbonyl (C=O) groups excluding carboxylic acids is 1. The van der Waals surface area contributed by atoms with Crippen molar-refractivity contribution in [2.24, 2.45) is 5.73 Å². The van der Waals surface area contributed by atoms with Crippen molar-refractivity contribution in [2.75, 3.05) is 0 Å². The fourth-order valence-electron chi connectivity index (χ4n) is 1.79. The molecule has 4 nitrogen and oxygen atoms in total. The van der Waals surface area contributed by atoms with Crippen molar-refractivity contribution in [2.45, 2.75) is 44.8 Å². The minimum absolute atomic E-state index is 0.00523. The Kier molecular flexibility index (Phi) is 3.15. The average molecular weight is 233 g/mol. The van der Waals surface area contributed by atoms with Gasteiger partial charge in [-0.3, -0.25) is 9.78 Å². The highest BCUT2D eigenvalue weighted by Crippen LogP contribution is 2.29. The molecule has 4 heteroatoms. The molecule has 0 unspecified atom stereocenters. The molecule has 0 bridgehead atoms. The number of amides is 1. The van der Waals surface area contributed by atoms with Gasteiger partial charge in [-0.1, -0.05) is 6.07 Å². The van der Waals surface area contributed by atoms with Crippen molar-refractivity contribution in [3.8, 4) is 0 Å². The van der Waals surface area contributed by atoms with Gasteiger partial charge in [-0.05, 0) is 38.8 Å². The van der Waals surface area contributed by atoms with Gasteiger partial charge < -0.3 is 10.6 Å². The van der Waals surface area contributed by atoms with E-state index >= 15 is 0 Å². The lowest BCUT2D eigenvalue weighted by atomic mass is 10.1. The van der Waals surface area contributed by atoms with Gasteiger partial charge in [0, 0.05) is 12.2 Å². The highest BCUT2D eigenvalue weighted by atomic mass is 16.2. The Morgan fingerprint density at radius 3 is 2.71 bits per heavy atom. The first-order valence-electron chi connectivity index (χ1n) is 5.98. The van der Waals surface area contributed by atoms with Crippen molar-refractivity contribution in [1.82, 2.24) is 9.88 Å². The maximum Gasteiger partial charge on any atom is 0.242 e. The monoisotopic (exact) mass is 233 g/mol. The summed E-state index contributed by atoms with van der Waals surface area (Å²) in [6, 6.07) is 6.10. The van der Waals surface area contributed by atoms with Crippen LogP contribution in [-0.4, -0.2) is 27.4 Å². The zero-order valence-electron chi connectivity index (χ0n) is 10.4. The van der Waals surface area contributed by atoms with Gasteiger partial charge in [0.25, 0.3) is 0 Å². The molecule has 1 fully saturated rings. The third-order valence-corrected chi connectivity index (χ3v) is 2.86. The molecule has 1 aliphatic rings. The Morgan fingerprint density at radius 2 is 2.24 bits per heavy atom. The zero-order chi connectivity index (χ0) is 12.5. The van der Waals surface area contributed by atoms with Crippen LogP contribution in [0.15, 0.2) is 24.4 Å². The highest BCUT2D eigenvalue weighted by Gasteiger charge is 2.37. The van der Waals surface area contributed by atoms with E-state index in [1.807, 2.05) is 23.1 Å². The van der Waals surface area contributed by atoms with Crippen LogP contribution in [0.25, 0.3) is 0 Å². The van der Waals surface area contributed by atoms with Crippen molar-refractivity contribution >= 4 is 5.91 Å². The molecular weight excluding hydrogens is 214 g/mol. The van der Waals surface area contributed by atoms with E-state index in [9.17, 15) is 4.79 Å². The summed E-state index contributed by atoms with van der Waals surface area (Å²) in [5.74, 6) is 0.00523. The van der Waals surface area contributed by atoms with E-state index in [-0.39, 0.29) is 5.91 Å². The number of hydrogen-bond acceptors (Lipinski definition) is 3. The maximum absolute atomic E-state index is 12.2. The third kappa shape index (κ3) is 3.03. The van der Waals surface area contributed by atoms with E-state index in [1.165, 1.54) is 0 Å². The standard InChI is InChI=1S/C13H19N3O/c1-13(2,14)12(17)16(11-6-7-11)9-10-5-3-4-8-15-10/h3-5,8,11H,6-7,9,14H2,1-2H3. The fraction of sp³-hybridized carbons (Fsp3) is 0.538. The molecule has 0 spiro atoms. The second kappa shape index (κ2) is 4.45. The molecule has 0 aromatic carbocycles. The molecule has 0 aliphatic heterocycles. The lowest BCUT2D eigenvalue weighted by Gasteiger charge is -2.29. The average Bonchev–Trinajstić information content (AvgIpc) is 3.09. The molecule has 2 N–H and O–H groups in total. The minimum Gasteiger partial charge on any atom is -0.332 e. The van der Waals surface area contributed by atoms with Crippen LogP contribution in [0.2, 0.25) is 0 Å². The predicted molar refractivity (Wildman–Crippen MR) is 66.1 cm³/mol. The lowest BCUT2D eigenvalue weighted by Crippen LogP contribution is -2.51. The number of rotatable bonds is 4.